The Morgan fingerprint density at radius 2 is 2.07 bits per heavy atom. The van der Waals surface area contributed by atoms with Crippen molar-refractivity contribution in [2.24, 2.45) is 0 Å². The molecule has 0 radical (unpaired) electrons. The molecule has 1 aromatic carbocycles. The van der Waals surface area contributed by atoms with E-state index in [1.807, 2.05) is 35.2 Å². The summed E-state index contributed by atoms with van der Waals surface area (Å²) in [6, 6.07) is 9.61. The largest absolute Gasteiger partial charge is 0.441 e. The van der Waals surface area contributed by atoms with Crippen LogP contribution in [-0.4, -0.2) is 62.3 Å². The Labute approximate surface area is 156 Å². The smallest absolute Gasteiger partial charge is 0.407 e. The van der Waals surface area contributed by atoms with Crippen molar-refractivity contribution in [3.05, 3.63) is 30.3 Å². The van der Waals surface area contributed by atoms with Crippen LogP contribution in [0.3, 0.4) is 0 Å². The molecule has 1 N–H and O–H groups in total. The predicted octanol–water partition coefficient (Wildman–Crippen LogP) is 1.22. The SMILES string of the molecule is O=C1NCC2(CCCN(C(=O)CCn3nnc(-c4ccccc4)n3)CC2)O1. The maximum absolute atomic E-state index is 12.6. The van der Waals surface area contributed by atoms with Crippen LogP contribution in [-0.2, 0) is 16.1 Å². The van der Waals surface area contributed by atoms with Crippen LogP contribution in [0.4, 0.5) is 4.79 Å². The number of rotatable bonds is 4. The molecule has 1 unspecified atom stereocenters. The number of nitrogens with one attached hydrogen (secondary N) is 1. The van der Waals surface area contributed by atoms with Crippen molar-refractivity contribution in [2.45, 2.75) is 37.8 Å². The standard InChI is InChI=1S/C18H22N6O3/c25-15(23-10-4-8-18(9-12-23)13-19-17(26)27-18)7-11-24-21-16(20-22-24)14-5-2-1-3-6-14/h1-3,5-6H,4,7-13H2,(H,19,26). The number of hydrogen-bond donors (Lipinski definition) is 1. The summed E-state index contributed by atoms with van der Waals surface area (Å²) in [4.78, 5) is 27.3. The van der Waals surface area contributed by atoms with Crippen LogP contribution in [0.25, 0.3) is 11.4 Å². The molecule has 27 heavy (non-hydrogen) atoms. The van der Waals surface area contributed by atoms with E-state index in [-0.39, 0.29) is 12.0 Å². The average Bonchev–Trinajstić information content (AvgIpc) is 3.24. The highest BCUT2D eigenvalue weighted by molar-refractivity contribution is 5.76. The second-order valence-corrected chi connectivity index (χ2v) is 6.99. The fourth-order valence-electron chi connectivity index (χ4n) is 3.59. The third-order valence-electron chi connectivity index (χ3n) is 5.13. The highest BCUT2D eigenvalue weighted by Gasteiger charge is 2.41. The Morgan fingerprint density at radius 3 is 2.85 bits per heavy atom. The van der Waals surface area contributed by atoms with Gasteiger partial charge < -0.3 is 15.0 Å². The molecule has 0 aliphatic carbocycles. The number of nitrogens with zero attached hydrogens (tertiary/aromatic N) is 5. The lowest BCUT2D eigenvalue weighted by Gasteiger charge is -2.25. The van der Waals surface area contributed by atoms with Crippen molar-refractivity contribution in [1.29, 1.82) is 0 Å². The van der Waals surface area contributed by atoms with Crippen molar-refractivity contribution in [3.63, 3.8) is 0 Å². The number of alkyl carbamates (subject to hydrolysis) is 1. The summed E-state index contributed by atoms with van der Waals surface area (Å²) < 4.78 is 5.45. The van der Waals surface area contributed by atoms with Gasteiger partial charge in [-0.1, -0.05) is 30.3 Å². The van der Waals surface area contributed by atoms with Crippen LogP contribution >= 0.6 is 0 Å². The average molecular weight is 370 g/mol. The van der Waals surface area contributed by atoms with Crippen molar-refractivity contribution in [3.8, 4) is 11.4 Å². The molecular formula is C18H22N6O3. The van der Waals surface area contributed by atoms with E-state index in [2.05, 4.69) is 20.7 Å². The van der Waals surface area contributed by atoms with E-state index < -0.39 is 5.60 Å². The minimum Gasteiger partial charge on any atom is -0.441 e. The monoisotopic (exact) mass is 370 g/mol. The highest BCUT2D eigenvalue weighted by atomic mass is 16.6. The first-order valence-electron chi connectivity index (χ1n) is 9.21. The Balaban J connectivity index is 1.31. The van der Waals surface area contributed by atoms with E-state index in [0.29, 0.717) is 44.8 Å². The number of benzene rings is 1. The van der Waals surface area contributed by atoms with Gasteiger partial charge >= 0.3 is 6.09 Å². The molecule has 1 atom stereocenters. The normalized spacial score (nSPS) is 22.4. The van der Waals surface area contributed by atoms with Gasteiger partial charge in [-0.25, -0.2) is 4.79 Å². The van der Waals surface area contributed by atoms with Crippen molar-refractivity contribution >= 4 is 12.0 Å². The summed E-state index contributed by atoms with van der Waals surface area (Å²) in [6.07, 6.45) is 2.22. The molecule has 0 bridgehead atoms. The van der Waals surface area contributed by atoms with Gasteiger partial charge in [-0.15, -0.1) is 10.2 Å². The molecule has 2 saturated heterocycles. The van der Waals surface area contributed by atoms with Gasteiger partial charge in [0, 0.05) is 31.5 Å². The zero-order valence-corrected chi connectivity index (χ0v) is 15.0. The summed E-state index contributed by atoms with van der Waals surface area (Å²) in [6.45, 7) is 2.18. The first kappa shape index (κ1) is 17.4. The molecule has 1 aromatic heterocycles. The number of carbonyl (C=O) groups is 2. The van der Waals surface area contributed by atoms with Crippen molar-refractivity contribution in [2.75, 3.05) is 19.6 Å². The Hall–Kier alpha value is -2.97. The maximum atomic E-state index is 12.6. The zero-order valence-electron chi connectivity index (χ0n) is 15.0. The highest BCUT2D eigenvalue weighted by Crippen LogP contribution is 2.29. The van der Waals surface area contributed by atoms with Crippen LogP contribution in [0, 0.1) is 0 Å². The van der Waals surface area contributed by atoms with Gasteiger partial charge in [-0.05, 0) is 18.1 Å². The van der Waals surface area contributed by atoms with E-state index in [9.17, 15) is 9.59 Å². The minimum atomic E-state index is -0.454. The molecule has 1 spiro atoms. The van der Waals surface area contributed by atoms with Crippen LogP contribution in [0.5, 0.6) is 0 Å². The molecule has 3 heterocycles. The van der Waals surface area contributed by atoms with E-state index in [4.69, 9.17) is 4.74 Å². The first-order valence-corrected chi connectivity index (χ1v) is 9.21. The van der Waals surface area contributed by atoms with Crippen molar-refractivity contribution in [1.82, 2.24) is 30.4 Å². The molecule has 0 saturated carbocycles. The van der Waals surface area contributed by atoms with Crippen molar-refractivity contribution < 1.29 is 14.3 Å². The lowest BCUT2D eigenvalue weighted by molar-refractivity contribution is -0.131. The van der Waals surface area contributed by atoms with E-state index in [0.717, 1.165) is 18.4 Å². The molecule has 9 nitrogen and oxygen atoms in total. The van der Waals surface area contributed by atoms with Gasteiger partial charge in [0.15, 0.2) is 0 Å². The number of likely N-dealkylation sites (tertiary alicyclic amines) is 1. The van der Waals surface area contributed by atoms with Gasteiger partial charge in [-0.2, -0.15) is 4.80 Å². The topological polar surface area (TPSA) is 102 Å². The number of hydrogen-bond acceptors (Lipinski definition) is 6. The molecular weight excluding hydrogens is 348 g/mol. The van der Waals surface area contributed by atoms with Crippen LogP contribution in [0.2, 0.25) is 0 Å². The fourth-order valence-corrected chi connectivity index (χ4v) is 3.59. The summed E-state index contributed by atoms with van der Waals surface area (Å²) in [5.41, 5.74) is 0.442. The molecule has 2 aromatic rings. The van der Waals surface area contributed by atoms with Gasteiger partial charge in [-0.3, -0.25) is 4.79 Å². The number of ether oxygens (including phenoxy) is 1. The van der Waals surface area contributed by atoms with Crippen LogP contribution < -0.4 is 5.32 Å². The van der Waals surface area contributed by atoms with E-state index in [1.165, 1.54) is 4.80 Å². The Bertz CT molecular complexity index is 824. The lowest BCUT2D eigenvalue weighted by Crippen LogP contribution is -2.36. The number of aryl methyl sites for hydroxylation is 1. The fraction of sp³-hybridized carbons (Fsp3) is 0.500. The van der Waals surface area contributed by atoms with E-state index >= 15 is 0 Å². The molecule has 2 aliphatic rings. The number of tetrazole rings is 1. The second kappa shape index (κ2) is 7.34. The number of carbonyl (C=O) groups excluding carboxylic acids is 2. The maximum Gasteiger partial charge on any atom is 0.407 e. The van der Waals surface area contributed by atoms with Gasteiger partial charge in [0.1, 0.15) is 5.60 Å². The molecule has 4 rings (SSSR count). The molecule has 9 heteroatoms. The Kier molecular flexibility index (Phi) is 4.74. The third kappa shape index (κ3) is 3.91. The summed E-state index contributed by atoms with van der Waals surface area (Å²) >= 11 is 0. The van der Waals surface area contributed by atoms with Gasteiger partial charge in [0.2, 0.25) is 11.7 Å². The molecule has 2 amide bonds. The van der Waals surface area contributed by atoms with E-state index in [1.54, 1.807) is 0 Å². The summed E-state index contributed by atoms with van der Waals surface area (Å²) in [5.74, 6) is 0.609. The molecule has 2 fully saturated rings. The van der Waals surface area contributed by atoms with Crippen LogP contribution in [0.1, 0.15) is 25.7 Å². The quantitative estimate of drug-likeness (QED) is 0.868. The third-order valence-corrected chi connectivity index (χ3v) is 5.13. The molecule has 142 valence electrons. The zero-order chi connectivity index (χ0) is 18.7. The predicted molar refractivity (Wildman–Crippen MR) is 95.5 cm³/mol. The van der Waals surface area contributed by atoms with Gasteiger partial charge in [0.25, 0.3) is 0 Å². The second-order valence-electron chi connectivity index (χ2n) is 6.99. The van der Waals surface area contributed by atoms with Crippen LogP contribution in [0.15, 0.2) is 30.3 Å². The summed E-state index contributed by atoms with van der Waals surface area (Å²) in [5, 5.41) is 15.1. The minimum absolute atomic E-state index is 0.0582. The number of aromatic nitrogens is 4. The number of amides is 2. The lowest BCUT2D eigenvalue weighted by atomic mass is 9.95. The molecule has 2 aliphatic heterocycles. The van der Waals surface area contributed by atoms with Gasteiger partial charge in [0.05, 0.1) is 13.1 Å². The Morgan fingerprint density at radius 1 is 1.22 bits per heavy atom. The summed E-state index contributed by atoms with van der Waals surface area (Å²) in [7, 11) is 0. The first-order chi connectivity index (χ1) is 13.1.